The average Bonchev–Trinajstić information content (AvgIpc) is 3.03. The first-order valence-electron chi connectivity index (χ1n) is 7.66. The molecular formula is C18H23NS. The zero-order valence-corrected chi connectivity index (χ0v) is 12.9. The molecule has 1 aromatic heterocycles. The Morgan fingerprint density at radius 3 is 2.45 bits per heavy atom. The van der Waals surface area contributed by atoms with Crippen LogP contribution in [0, 0.1) is 0 Å². The van der Waals surface area contributed by atoms with Crippen LogP contribution in [0.15, 0.2) is 47.2 Å². The Hall–Kier alpha value is -1.12. The van der Waals surface area contributed by atoms with Gasteiger partial charge in [-0.1, -0.05) is 30.3 Å². The van der Waals surface area contributed by atoms with Gasteiger partial charge in [0.1, 0.15) is 0 Å². The van der Waals surface area contributed by atoms with Crippen LogP contribution in [0.4, 0.5) is 0 Å². The van der Waals surface area contributed by atoms with E-state index in [1.165, 1.54) is 36.8 Å². The van der Waals surface area contributed by atoms with E-state index in [9.17, 15) is 0 Å². The maximum Gasteiger partial charge on any atom is 0.0302 e. The van der Waals surface area contributed by atoms with Gasteiger partial charge in [0.2, 0.25) is 0 Å². The molecule has 0 saturated heterocycles. The van der Waals surface area contributed by atoms with E-state index >= 15 is 0 Å². The van der Waals surface area contributed by atoms with Crippen molar-refractivity contribution < 1.29 is 0 Å². The summed E-state index contributed by atoms with van der Waals surface area (Å²) in [5.41, 5.74) is 2.96. The number of benzene rings is 1. The van der Waals surface area contributed by atoms with Crippen LogP contribution in [0.2, 0.25) is 0 Å². The zero-order valence-electron chi connectivity index (χ0n) is 12.1. The summed E-state index contributed by atoms with van der Waals surface area (Å²) in [6.45, 7) is 2.28. The molecule has 1 aliphatic rings. The summed E-state index contributed by atoms with van der Waals surface area (Å²) in [5.74, 6) is 0.769. The van der Waals surface area contributed by atoms with Gasteiger partial charge in [-0.2, -0.15) is 11.3 Å². The van der Waals surface area contributed by atoms with Crippen LogP contribution in [0.25, 0.3) is 0 Å². The summed E-state index contributed by atoms with van der Waals surface area (Å²) < 4.78 is 0. The molecule has 106 valence electrons. The lowest BCUT2D eigenvalue weighted by atomic mass is 9.81. The van der Waals surface area contributed by atoms with Crippen LogP contribution in [0.3, 0.4) is 0 Å². The van der Waals surface area contributed by atoms with Gasteiger partial charge in [0.05, 0.1) is 0 Å². The van der Waals surface area contributed by atoms with E-state index in [-0.39, 0.29) is 0 Å². The molecule has 1 unspecified atom stereocenters. The van der Waals surface area contributed by atoms with Gasteiger partial charge in [-0.15, -0.1) is 0 Å². The first-order valence-corrected chi connectivity index (χ1v) is 8.60. The normalized spacial score (nSPS) is 24.4. The summed E-state index contributed by atoms with van der Waals surface area (Å²) in [6.07, 6.45) is 5.23. The van der Waals surface area contributed by atoms with Crippen molar-refractivity contribution in [1.82, 2.24) is 5.32 Å². The lowest BCUT2D eigenvalue weighted by molar-refractivity contribution is 0.322. The molecule has 0 amide bonds. The van der Waals surface area contributed by atoms with E-state index < -0.39 is 0 Å². The molecule has 1 aromatic carbocycles. The number of nitrogens with one attached hydrogen (secondary N) is 1. The second kappa shape index (κ2) is 6.55. The Kier molecular flexibility index (Phi) is 4.54. The number of hydrogen-bond donors (Lipinski definition) is 1. The highest BCUT2D eigenvalue weighted by Crippen LogP contribution is 2.33. The van der Waals surface area contributed by atoms with E-state index in [4.69, 9.17) is 0 Å². The van der Waals surface area contributed by atoms with E-state index in [1.807, 2.05) is 0 Å². The largest absolute Gasteiger partial charge is 0.307 e. The van der Waals surface area contributed by atoms with Gasteiger partial charge in [-0.05, 0) is 66.5 Å². The van der Waals surface area contributed by atoms with Gasteiger partial charge in [0, 0.05) is 12.1 Å². The maximum absolute atomic E-state index is 3.80. The van der Waals surface area contributed by atoms with E-state index in [0.717, 1.165) is 5.92 Å². The summed E-state index contributed by atoms with van der Waals surface area (Å²) in [6, 6.07) is 14.4. The average molecular weight is 285 g/mol. The van der Waals surface area contributed by atoms with Gasteiger partial charge < -0.3 is 5.32 Å². The molecule has 0 radical (unpaired) electrons. The SMILES string of the molecule is CC(NC1CCC(c2ccccc2)CC1)c1ccsc1. The summed E-state index contributed by atoms with van der Waals surface area (Å²) >= 11 is 1.79. The second-order valence-electron chi connectivity index (χ2n) is 5.90. The molecule has 0 bridgehead atoms. The molecule has 2 aromatic rings. The van der Waals surface area contributed by atoms with E-state index in [0.29, 0.717) is 12.1 Å². The van der Waals surface area contributed by atoms with E-state index in [1.54, 1.807) is 11.3 Å². The molecule has 20 heavy (non-hydrogen) atoms. The summed E-state index contributed by atoms with van der Waals surface area (Å²) in [5, 5.41) is 8.22. The Balaban J connectivity index is 1.51. The fraction of sp³-hybridized carbons (Fsp3) is 0.444. The van der Waals surface area contributed by atoms with Crippen LogP contribution >= 0.6 is 11.3 Å². The highest BCUT2D eigenvalue weighted by Gasteiger charge is 2.23. The third-order valence-corrected chi connectivity index (χ3v) is 5.23. The fourth-order valence-electron chi connectivity index (χ4n) is 3.29. The minimum absolute atomic E-state index is 0.486. The predicted molar refractivity (Wildman–Crippen MR) is 87.3 cm³/mol. The monoisotopic (exact) mass is 285 g/mol. The number of hydrogen-bond acceptors (Lipinski definition) is 2. The van der Waals surface area contributed by atoms with Gasteiger partial charge in [0.25, 0.3) is 0 Å². The Morgan fingerprint density at radius 2 is 1.80 bits per heavy atom. The van der Waals surface area contributed by atoms with Gasteiger partial charge in [-0.25, -0.2) is 0 Å². The first-order chi connectivity index (χ1) is 9.83. The molecule has 3 rings (SSSR count). The lowest BCUT2D eigenvalue weighted by Crippen LogP contribution is -2.34. The molecule has 1 aliphatic carbocycles. The topological polar surface area (TPSA) is 12.0 Å². The molecule has 1 nitrogen and oxygen atoms in total. The first kappa shape index (κ1) is 13.8. The van der Waals surface area contributed by atoms with Crippen LogP contribution in [0.1, 0.15) is 55.7 Å². The van der Waals surface area contributed by atoms with Crippen molar-refractivity contribution in [1.29, 1.82) is 0 Å². The van der Waals surface area contributed by atoms with Crippen molar-refractivity contribution >= 4 is 11.3 Å². The minimum atomic E-state index is 0.486. The quantitative estimate of drug-likeness (QED) is 0.821. The summed E-state index contributed by atoms with van der Waals surface area (Å²) in [7, 11) is 0. The molecule has 1 fully saturated rings. The molecule has 1 N–H and O–H groups in total. The third kappa shape index (κ3) is 3.31. The minimum Gasteiger partial charge on any atom is -0.307 e. The third-order valence-electron chi connectivity index (χ3n) is 4.53. The maximum atomic E-state index is 3.80. The highest BCUT2D eigenvalue weighted by atomic mass is 32.1. The molecule has 2 heteroatoms. The van der Waals surface area contributed by atoms with E-state index in [2.05, 4.69) is 59.4 Å². The van der Waals surface area contributed by atoms with Crippen molar-refractivity contribution in [2.75, 3.05) is 0 Å². The van der Waals surface area contributed by atoms with Crippen molar-refractivity contribution in [2.24, 2.45) is 0 Å². The molecule has 1 atom stereocenters. The molecule has 1 heterocycles. The van der Waals surface area contributed by atoms with Gasteiger partial charge in [-0.3, -0.25) is 0 Å². The van der Waals surface area contributed by atoms with Gasteiger partial charge in [0.15, 0.2) is 0 Å². The fourth-order valence-corrected chi connectivity index (χ4v) is 4.04. The molecule has 0 spiro atoms. The van der Waals surface area contributed by atoms with Crippen molar-refractivity contribution in [3.8, 4) is 0 Å². The Morgan fingerprint density at radius 1 is 1.05 bits per heavy atom. The number of rotatable bonds is 4. The highest BCUT2D eigenvalue weighted by molar-refractivity contribution is 7.07. The standard InChI is InChI=1S/C18H23NS/c1-14(17-11-12-20-13-17)19-18-9-7-16(8-10-18)15-5-3-2-4-6-15/h2-6,11-14,16,18-19H,7-10H2,1H3. The summed E-state index contributed by atoms with van der Waals surface area (Å²) in [4.78, 5) is 0. The van der Waals surface area contributed by atoms with Crippen LogP contribution < -0.4 is 5.32 Å². The van der Waals surface area contributed by atoms with Crippen molar-refractivity contribution in [3.63, 3.8) is 0 Å². The molecule has 1 saturated carbocycles. The van der Waals surface area contributed by atoms with Crippen LogP contribution in [-0.4, -0.2) is 6.04 Å². The smallest absolute Gasteiger partial charge is 0.0302 e. The van der Waals surface area contributed by atoms with Gasteiger partial charge >= 0.3 is 0 Å². The zero-order chi connectivity index (χ0) is 13.8. The number of thiophene rings is 1. The molecule has 0 aliphatic heterocycles. The van der Waals surface area contributed by atoms with Crippen molar-refractivity contribution in [3.05, 3.63) is 58.3 Å². The molecular weight excluding hydrogens is 262 g/mol. The second-order valence-corrected chi connectivity index (χ2v) is 6.68. The van der Waals surface area contributed by atoms with Crippen LogP contribution in [-0.2, 0) is 0 Å². The van der Waals surface area contributed by atoms with Crippen molar-refractivity contribution in [2.45, 2.75) is 50.6 Å². The van der Waals surface area contributed by atoms with Crippen LogP contribution in [0.5, 0.6) is 0 Å². The lowest BCUT2D eigenvalue weighted by Gasteiger charge is -2.31. The Labute approximate surface area is 126 Å². The Bertz CT molecular complexity index is 497. The predicted octanol–water partition coefficient (Wildman–Crippen LogP) is 5.13.